The zero-order chi connectivity index (χ0) is 56.2. The molecular weight excluding hydrogens is 1010 g/mol. The van der Waals surface area contributed by atoms with E-state index in [9.17, 15) is 0 Å². The first-order valence-electron chi connectivity index (χ1n) is 29.4. The molecule has 5 aliphatic rings. The van der Waals surface area contributed by atoms with E-state index < -0.39 is 5.41 Å². The second-order valence-electron chi connectivity index (χ2n) is 26.1. The van der Waals surface area contributed by atoms with Crippen molar-refractivity contribution in [2.24, 2.45) is 9.98 Å². The lowest BCUT2D eigenvalue weighted by atomic mass is 9.72. The van der Waals surface area contributed by atoms with Crippen molar-refractivity contribution in [3.63, 3.8) is 0 Å². The van der Waals surface area contributed by atoms with Crippen LogP contribution in [0.5, 0.6) is 0 Å². The third kappa shape index (κ3) is 6.37. The number of allylic oxidation sites excluding steroid dienone is 1. The van der Waals surface area contributed by atoms with Gasteiger partial charge in [-0.1, -0.05) is 195 Å². The van der Waals surface area contributed by atoms with Crippen molar-refractivity contribution in [3.05, 3.63) is 255 Å². The van der Waals surface area contributed by atoms with E-state index in [4.69, 9.17) is 18.8 Å². The molecule has 12 aromatic rings. The summed E-state index contributed by atoms with van der Waals surface area (Å²) in [6.45, 7) is 21.5. The van der Waals surface area contributed by atoms with Gasteiger partial charge in [-0.05, 0) is 156 Å². The van der Waals surface area contributed by atoms with Crippen LogP contribution in [0.25, 0.3) is 94.1 Å². The van der Waals surface area contributed by atoms with Crippen LogP contribution >= 0.6 is 0 Å². The number of hydrogen-bond donors (Lipinski definition) is 0. The maximum Gasteiger partial charge on any atom is 0.235 e. The molecule has 5 heteroatoms. The van der Waals surface area contributed by atoms with Gasteiger partial charge in [0.25, 0.3) is 0 Å². The molecule has 0 atom stereocenters. The molecule has 0 radical (unpaired) electrons. The van der Waals surface area contributed by atoms with Gasteiger partial charge in [0.05, 0.1) is 11.4 Å². The van der Waals surface area contributed by atoms with Crippen molar-refractivity contribution in [1.29, 1.82) is 0 Å². The molecule has 0 saturated carbocycles. The van der Waals surface area contributed by atoms with Crippen LogP contribution < -0.4 is 4.90 Å². The highest BCUT2D eigenvalue weighted by Gasteiger charge is 2.49. The number of para-hydroxylation sites is 2. The molecule has 0 bridgehead atoms. The maximum atomic E-state index is 7.07. The Hall–Kier alpha value is -9.32. The van der Waals surface area contributed by atoms with Crippen LogP contribution in [0.15, 0.2) is 219 Å². The normalized spacial score (nSPS) is 16.9. The first kappa shape index (κ1) is 48.4. The van der Waals surface area contributed by atoms with Gasteiger partial charge in [-0.2, -0.15) is 0 Å². The van der Waals surface area contributed by atoms with Gasteiger partial charge in [-0.3, -0.25) is 4.90 Å². The zero-order valence-electron chi connectivity index (χ0n) is 48.3. The third-order valence-electron chi connectivity index (χ3n) is 20.0. The van der Waals surface area contributed by atoms with Crippen molar-refractivity contribution in [1.82, 2.24) is 0 Å². The van der Waals surface area contributed by atoms with Crippen LogP contribution in [0, 0.1) is 0 Å². The molecule has 0 fully saturated rings. The monoisotopic (exact) mass is 1070 g/mol. The van der Waals surface area contributed by atoms with E-state index in [1.807, 2.05) is 0 Å². The second-order valence-corrected chi connectivity index (χ2v) is 26.1. The highest BCUT2D eigenvalue weighted by molar-refractivity contribution is 6.22. The lowest BCUT2D eigenvalue weighted by molar-refractivity contribution is 0.600. The molecule has 0 N–H and O–H groups in total. The molecule has 0 spiro atoms. The number of guanidine groups is 1. The highest BCUT2D eigenvalue weighted by Crippen LogP contribution is 2.64. The number of rotatable bonds is 4. The van der Waals surface area contributed by atoms with E-state index in [2.05, 4.69) is 261 Å². The lowest BCUT2D eigenvalue weighted by Crippen LogP contribution is -2.27. The van der Waals surface area contributed by atoms with Crippen LogP contribution in [0.2, 0.25) is 0 Å². The Morgan fingerprint density at radius 1 is 0.386 bits per heavy atom. The number of fused-ring (bicyclic) bond motifs is 22. The van der Waals surface area contributed by atoms with Gasteiger partial charge in [0.1, 0.15) is 22.3 Å². The molecule has 10 aromatic carbocycles. The fourth-order valence-electron chi connectivity index (χ4n) is 16.0. The molecule has 17 rings (SSSR count). The topological polar surface area (TPSA) is 54.2 Å². The SMILES string of the molecule is CC1=C(c2ccccc2)N=C(N(c2ccc3c(c2)C(C)(C)c2cc4c(cc2-3)C(C)(C)c2ccc3oc5ccccc5c3c2-4)c2ccc3c(c2)C(C)(C)c2c4c(c5oc6ccccc6c5c2-3)-c2ccccc2C4(C)C)N=C(c2ccccc2)C1. The van der Waals surface area contributed by atoms with Crippen LogP contribution in [-0.2, 0) is 21.7 Å². The van der Waals surface area contributed by atoms with Crippen molar-refractivity contribution in [2.75, 3.05) is 4.90 Å². The minimum atomic E-state index is -0.416. The Labute approximate surface area is 484 Å². The highest BCUT2D eigenvalue weighted by atomic mass is 16.3. The summed E-state index contributed by atoms with van der Waals surface area (Å²) in [6.07, 6.45) is 0.650. The Morgan fingerprint density at radius 3 is 1.66 bits per heavy atom. The predicted molar refractivity (Wildman–Crippen MR) is 344 cm³/mol. The van der Waals surface area contributed by atoms with Crippen LogP contribution in [0.1, 0.15) is 124 Å². The molecule has 400 valence electrons. The van der Waals surface area contributed by atoms with Crippen molar-refractivity contribution >= 4 is 72.6 Å². The van der Waals surface area contributed by atoms with E-state index in [0.29, 0.717) is 12.4 Å². The Balaban J connectivity index is 0.897. The Kier molecular flexibility index (Phi) is 9.59. The number of hydrogen-bond acceptors (Lipinski definition) is 5. The minimum Gasteiger partial charge on any atom is -0.456 e. The van der Waals surface area contributed by atoms with Gasteiger partial charge >= 0.3 is 0 Å². The average Bonchev–Trinajstić information content (AvgIpc) is 1.79. The van der Waals surface area contributed by atoms with E-state index in [-0.39, 0.29) is 16.2 Å². The summed E-state index contributed by atoms with van der Waals surface area (Å²) >= 11 is 0. The maximum absolute atomic E-state index is 7.07. The molecule has 0 saturated heterocycles. The summed E-state index contributed by atoms with van der Waals surface area (Å²) in [5.74, 6) is 0.621. The molecule has 5 nitrogen and oxygen atoms in total. The summed E-state index contributed by atoms with van der Waals surface area (Å²) in [6, 6.07) is 71.3. The van der Waals surface area contributed by atoms with Crippen LogP contribution in [0.3, 0.4) is 0 Å². The standard InChI is InChI=1S/C78H61N3O2/c1-43-38-61(44-22-12-10-13-23-44)79-74(80-72(43)45-24-14-11-15-25-45)81(46-32-34-48-53-41-60-54(42-59(53)76(4,5)57(48)39-46)65-56(75(60,2)3)36-37-64-66(65)51-27-17-20-30-62(51)82-64)47-33-35-50-58(40-47)78(8,9)70-67(50)68-52-28-18-21-31-63(52)83-73(68)69-49-26-16-19-29-55(49)77(6,7)71(69)70/h10-37,39-42H,38H2,1-9H3. The summed E-state index contributed by atoms with van der Waals surface area (Å²) in [7, 11) is 0. The van der Waals surface area contributed by atoms with Gasteiger partial charge in [0.2, 0.25) is 5.96 Å². The Morgan fingerprint density at radius 2 is 0.928 bits per heavy atom. The van der Waals surface area contributed by atoms with E-state index in [1.165, 1.54) is 99.8 Å². The van der Waals surface area contributed by atoms with E-state index in [0.717, 1.165) is 72.6 Å². The van der Waals surface area contributed by atoms with Crippen molar-refractivity contribution < 1.29 is 8.83 Å². The van der Waals surface area contributed by atoms with Gasteiger partial charge in [0, 0.05) is 72.1 Å². The van der Waals surface area contributed by atoms with Crippen LogP contribution in [0.4, 0.5) is 11.4 Å². The summed E-state index contributed by atoms with van der Waals surface area (Å²) in [5, 5.41) is 4.71. The molecular formula is C78H61N3O2. The second kappa shape index (κ2) is 16.4. The van der Waals surface area contributed by atoms with Crippen molar-refractivity contribution in [2.45, 2.75) is 90.4 Å². The van der Waals surface area contributed by atoms with Crippen LogP contribution in [-0.4, -0.2) is 11.7 Å². The quantitative estimate of drug-likeness (QED) is 0.176. The van der Waals surface area contributed by atoms with E-state index >= 15 is 0 Å². The largest absolute Gasteiger partial charge is 0.456 e. The predicted octanol–water partition coefficient (Wildman–Crippen LogP) is 20.5. The van der Waals surface area contributed by atoms with E-state index in [1.54, 1.807) is 0 Å². The number of aliphatic imine (C=N–C) groups is 2. The molecule has 3 heterocycles. The summed E-state index contributed by atoms with van der Waals surface area (Å²) in [4.78, 5) is 13.9. The fourth-order valence-corrected chi connectivity index (χ4v) is 16.0. The Bertz CT molecular complexity index is 5000. The molecule has 83 heavy (non-hydrogen) atoms. The first-order valence-corrected chi connectivity index (χ1v) is 29.4. The molecule has 4 aliphatic carbocycles. The lowest BCUT2D eigenvalue weighted by Gasteiger charge is -2.31. The first-order chi connectivity index (χ1) is 40.1. The van der Waals surface area contributed by atoms with Gasteiger partial charge in [-0.25, -0.2) is 9.98 Å². The minimum absolute atomic E-state index is 0.221. The number of benzene rings is 10. The molecule has 0 unspecified atom stereocenters. The third-order valence-corrected chi connectivity index (χ3v) is 20.0. The molecule has 2 aromatic heterocycles. The number of furan rings is 2. The average molecular weight is 1070 g/mol. The number of nitrogens with zero attached hydrogens (tertiary/aromatic N) is 3. The smallest absolute Gasteiger partial charge is 0.235 e. The summed E-state index contributed by atoms with van der Waals surface area (Å²) < 4.78 is 13.6. The van der Waals surface area contributed by atoms with Gasteiger partial charge in [-0.15, -0.1) is 0 Å². The summed E-state index contributed by atoms with van der Waals surface area (Å²) in [5.41, 5.74) is 30.5. The van der Waals surface area contributed by atoms with Crippen molar-refractivity contribution in [3.8, 4) is 44.5 Å². The zero-order valence-corrected chi connectivity index (χ0v) is 48.3. The van der Waals surface area contributed by atoms with Gasteiger partial charge in [0.15, 0.2) is 0 Å². The molecule has 1 aliphatic heterocycles. The van der Waals surface area contributed by atoms with Gasteiger partial charge < -0.3 is 8.83 Å². The fraction of sp³-hybridized carbons (Fsp3) is 0.179. The molecule has 0 amide bonds. The number of anilines is 2.